The van der Waals surface area contributed by atoms with E-state index in [4.69, 9.17) is 0 Å². The van der Waals surface area contributed by atoms with Gasteiger partial charge in [0.1, 0.15) is 5.01 Å². The second kappa shape index (κ2) is 5.89. The maximum atomic E-state index is 4.16. The number of likely N-dealkylation sites (tertiary alicyclic amines) is 1. The Morgan fingerprint density at radius 1 is 1.25 bits per heavy atom. The fourth-order valence-corrected chi connectivity index (χ4v) is 3.39. The van der Waals surface area contributed by atoms with Gasteiger partial charge < -0.3 is 5.32 Å². The van der Waals surface area contributed by atoms with Gasteiger partial charge in [-0.1, -0.05) is 48.6 Å². The van der Waals surface area contributed by atoms with Crippen LogP contribution in [-0.4, -0.2) is 34.2 Å². The van der Waals surface area contributed by atoms with E-state index in [1.165, 1.54) is 5.56 Å². The average molecular weight is 288 g/mol. The molecule has 0 aliphatic carbocycles. The van der Waals surface area contributed by atoms with Gasteiger partial charge in [-0.05, 0) is 18.4 Å². The predicted octanol–water partition coefficient (Wildman–Crippen LogP) is 2.78. The first kappa shape index (κ1) is 13.5. The van der Waals surface area contributed by atoms with Crippen molar-refractivity contribution in [1.29, 1.82) is 0 Å². The molecule has 106 valence electrons. The van der Waals surface area contributed by atoms with Crippen molar-refractivity contribution in [2.75, 3.05) is 18.4 Å². The van der Waals surface area contributed by atoms with Crippen LogP contribution in [0, 0.1) is 12.8 Å². The van der Waals surface area contributed by atoms with E-state index < -0.39 is 0 Å². The summed E-state index contributed by atoms with van der Waals surface area (Å²) in [6.07, 6.45) is 0. The average Bonchev–Trinajstić information content (AvgIpc) is 2.98. The lowest BCUT2D eigenvalue weighted by Crippen LogP contribution is -2.27. The molecule has 1 aromatic heterocycles. The second-order valence-corrected chi connectivity index (χ2v) is 6.72. The van der Waals surface area contributed by atoms with Gasteiger partial charge in [0, 0.05) is 25.7 Å². The molecule has 1 aliphatic heterocycles. The molecule has 0 bridgehead atoms. The summed E-state index contributed by atoms with van der Waals surface area (Å²) in [5, 5.41) is 13.7. The normalized spacial score (nSPS) is 23.1. The molecular weight excluding hydrogens is 268 g/mol. The molecule has 3 rings (SSSR count). The molecule has 1 aliphatic rings. The van der Waals surface area contributed by atoms with Gasteiger partial charge in [0.25, 0.3) is 0 Å². The largest absolute Gasteiger partial charge is 0.356 e. The van der Waals surface area contributed by atoms with Gasteiger partial charge in [-0.2, -0.15) is 0 Å². The summed E-state index contributed by atoms with van der Waals surface area (Å²) < 4.78 is 0. The summed E-state index contributed by atoms with van der Waals surface area (Å²) in [6.45, 7) is 7.51. The van der Waals surface area contributed by atoms with E-state index in [1.807, 2.05) is 6.92 Å². The Hall–Kier alpha value is -1.46. The molecule has 20 heavy (non-hydrogen) atoms. The Morgan fingerprint density at radius 3 is 2.75 bits per heavy atom. The zero-order valence-electron chi connectivity index (χ0n) is 11.9. The van der Waals surface area contributed by atoms with Crippen LogP contribution in [0.25, 0.3) is 0 Å². The number of nitrogens with one attached hydrogen (secondary N) is 1. The van der Waals surface area contributed by atoms with Crippen molar-refractivity contribution in [3.05, 3.63) is 40.9 Å². The SMILES string of the molecule is Cc1nnc(NC2CN(Cc3ccccc3)CC2C)s1. The highest BCUT2D eigenvalue weighted by Gasteiger charge is 2.29. The first-order valence-corrected chi connectivity index (χ1v) is 7.85. The van der Waals surface area contributed by atoms with Crippen LogP contribution in [-0.2, 0) is 6.54 Å². The van der Waals surface area contributed by atoms with Crippen LogP contribution in [0.2, 0.25) is 0 Å². The van der Waals surface area contributed by atoms with Crippen LogP contribution in [0.1, 0.15) is 17.5 Å². The number of nitrogens with zero attached hydrogens (tertiary/aromatic N) is 3. The van der Waals surface area contributed by atoms with Gasteiger partial charge in [-0.15, -0.1) is 10.2 Å². The standard InChI is InChI=1S/C15H20N4S/c1-11-8-19(9-13-6-4-3-5-7-13)10-14(11)16-15-18-17-12(2)20-15/h3-7,11,14H,8-10H2,1-2H3,(H,16,18). The van der Waals surface area contributed by atoms with Crippen molar-refractivity contribution in [2.24, 2.45) is 5.92 Å². The summed E-state index contributed by atoms with van der Waals surface area (Å²) in [6, 6.07) is 11.1. The maximum Gasteiger partial charge on any atom is 0.205 e. The summed E-state index contributed by atoms with van der Waals surface area (Å²) in [7, 11) is 0. The number of aromatic nitrogens is 2. The van der Waals surface area contributed by atoms with Gasteiger partial charge in [-0.3, -0.25) is 4.90 Å². The van der Waals surface area contributed by atoms with Crippen LogP contribution in [0.15, 0.2) is 30.3 Å². The van der Waals surface area contributed by atoms with Gasteiger partial charge in [-0.25, -0.2) is 0 Å². The topological polar surface area (TPSA) is 41.1 Å². The Bertz CT molecular complexity index is 554. The van der Waals surface area contributed by atoms with Gasteiger partial charge in [0.05, 0.1) is 0 Å². The second-order valence-electron chi connectivity index (χ2n) is 5.53. The van der Waals surface area contributed by atoms with E-state index in [9.17, 15) is 0 Å². The van der Waals surface area contributed by atoms with Crippen LogP contribution < -0.4 is 5.32 Å². The van der Waals surface area contributed by atoms with Crippen molar-refractivity contribution in [3.8, 4) is 0 Å². The maximum absolute atomic E-state index is 4.16. The minimum absolute atomic E-state index is 0.464. The predicted molar refractivity (Wildman–Crippen MR) is 82.9 cm³/mol. The third kappa shape index (κ3) is 3.16. The molecule has 2 atom stereocenters. The van der Waals surface area contributed by atoms with Crippen molar-refractivity contribution in [3.63, 3.8) is 0 Å². The first-order chi connectivity index (χ1) is 9.70. The highest BCUT2D eigenvalue weighted by Crippen LogP contribution is 2.24. The first-order valence-electron chi connectivity index (χ1n) is 7.03. The van der Waals surface area contributed by atoms with E-state index in [0.717, 1.165) is 29.8 Å². The van der Waals surface area contributed by atoms with Crippen molar-refractivity contribution < 1.29 is 0 Å². The molecule has 1 aromatic carbocycles. The lowest BCUT2D eigenvalue weighted by atomic mass is 10.1. The van der Waals surface area contributed by atoms with Crippen LogP contribution in [0.5, 0.6) is 0 Å². The highest BCUT2D eigenvalue weighted by atomic mass is 32.1. The third-order valence-corrected chi connectivity index (χ3v) is 4.54. The molecule has 1 fully saturated rings. The quantitative estimate of drug-likeness (QED) is 0.939. The molecule has 2 aromatic rings. The minimum atomic E-state index is 0.464. The molecule has 5 heteroatoms. The smallest absolute Gasteiger partial charge is 0.205 e. The van der Waals surface area contributed by atoms with E-state index >= 15 is 0 Å². The minimum Gasteiger partial charge on any atom is -0.356 e. The van der Waals surface area contributed by atoms with Crippen molar-refractivity contribution in [2.45, 2.75) is 26.4 Å². The molecule has 1 N–H and O–H groups in total. The van der Waals surface area contributed by atoms with Gasteiger partial charge >= 0.3 is 0 Å². The molecule has 0 radical (unpaired) electrons. The molecule has 2 heterocycles. The van der Waals surface area contributed by atoms with Crippen LogP contribution >= 0.6 is 11.3 Å². The fourth-order valence-electron chi connectivity index (χ4n) is 2.74. The molecule has 0 spiro atoms. The lowest BCUT2D eigenvalue weighted by Gasteiger charge is -2.16. The molecule has 0 saturated carbocycles. The Kier molecular flexibility index (Phi) is 3.98. The highest BCUT2D eigenvalue weighted by molar-refractivity contribution is 7.15. The van der Waals surface area contributed by atoms with E-state index in [2.05, 4.69) is 57.7 Å². The summed E-state index contributed by atoms with van der Waals surface area (Å²) in [5.41, 5.74) is 1.38. The van der Waals surface area contributed by atoms with E-state index in [-0.39, 0.29) is 0 Å². The summed E-state index contributed by atoms with van der Waals surface area (Å²) in [5.74, 6) is 0.628. The number of benzene rings is 1. The van der Waals surface area contributed by atoms with Gasteiger partial charge in [0.2, 0.25) is 5.13 Å². The van der Waals surface area contributed by atoms with Crippen molar-refractivity contribution >= 4 is 16.5 Å². The lowest BCUT2D eigenvalue weighted by molar-refractivity contribution is 0.319. The Morgan fingerprint density at radius 2 is 2.05 bits per heavy atom. The van der Waals surface area contributed by atoms with Gasteiger partial charge in [0.15, 0.2) is 0 Å². The number of hydrogen-bond donors (Lipinski definition) is 1. The number of rotatable bonds is 4. The molecule has 2 unspecified atom stereocenters. The van der Waals surface area contributed by atoms with Crippen LogP contribution in [0.3, 0.4) is 0 Å². The zero-order chi connectivity index (χ0) is 13.9. The molecule has 4 nitrogen and oxygen atoms in total. The fraction of sp³-hybridized carbons (Fsp3) is 0.467. The number of hydrogen-bond acceptors (Lipinski definition) is 5. The van der Waals surface area contributed by atoms with E-state index in [1.54, 1.807) is 11.3 Å². The molecular formula is C15H20N4S. The van der Waals surface area contributed by atoms with E-state index in [0.29, 0.717) is 12.0 Å². The van der Waals surface area contributed by atoms with Crippen LogP contribution in [0.4, 0.5) is 5.13 Å². The number of anilines is 1. The number of aryl methyl sites for hydroxylation is 1. The summed E-state index contributed by atoms with van der Waals surface area (Å²) >= 11 is 1.63. The van der Waals surface area contributed by atoms with Crippen molar-refractivity contribution in [1.82, 2.24) is 15.1 Å². The Labute approximate surface area is 123 Å². The summed E-state index contributed by atoms with van der Waals surface area (Å²) in [4.78, 5) is 2.51. The zero-order valence-corrected chi connectivity index (χ0v) is 12.7. The Balaban J connectivity index is 1.59. The third-order valence-electron chi connectivity index (χ3n) is 3.77. The molecule has 0 amide bonds. The monoisotopic (exact) mass is 288 g/mol. The molecule has 1 saturated heterocycles.